The number of aromatic nitrogens is 2. The molecule has 1 saturated carbocycles. The van der Waals surface area contributed by atoms with Crippen molar-refractivity contribution in [2.24, 2.45) is 0 Å². The van der Waals surface area contributed by atoms with Gasteiger partial charge in [0.1, 0.15) is 23.7 Å². The first kappa shape index (κ1) is 23.4. The molecule has 9 nitrogen and oxygen atoms in total. The Hall–Kier alpha value is -3.04. The maximum absolute atomic E-state index is 13.0. The number of nitrogens with zero attached hydrogens (tertiary/aromatic N) is 4. The van der Waals surface area contributed by atoms with Gasteiger partial charge in [0.15, 0.2) is 0 Å². The average molecular weight is 510 g/mol. The molecule has 36 heavy (non-hydrogen) atoms. The smallest absolute Gasteiger partial charge is 0.255 e. The number of fused-ring (bicyclic) bond motifs is 1. The Bertz CT molecular complexity index is 1200. The molecule has 1 aromatic carbocycles. The molecule has 10 heteroatoms. The van der Waals surface area contributed by atoms with Crippen LogP contribution in [-0.2, 0) is 16.1 Å². The van der Waals surface area contributed by atoms with E-state index in [1.54, 1.807) is 23.4 Å². The Morgan fingerprint density at radius 3 is 2.58 bits per heavy atom. The van der Waals surface area contributed by atoms with E-state index in [1.165, 1.54) is 6.42 Å². The Morgan fingerprint density at radius 2 is 1.81 bits per heavy atom. The van der Waals surface area contributed by atoms with E-state index in [1.807, 2.05) is 12.1 Å². The van der Waals surface area contributed by atoms with Gasteiger partial charge in [0.05, 0.1) is 5.02 Å². The van der Waals surface area contributed by atoms with Crippen LogP contribution in [0.25, 0.3) is 0 Å². The number of hydrogen-bond acceptors (Lipinski definition) is 7. The second-order valence-corrected chi connectivity index (χ2v) is 10.6. The number of likely N-dealkylation sites (tertiary alicyclic amines) is 1. The summed E-state index contributed by atoms with van der Waals surface area (Å²) in [7, 11) is 0. The number of benzene rings is 1. The summed E-state index contributed by atoms with van der Waals surface area (Å²) >= 11 is 5.92. The molecule has 0 spiro atoms. The standard InChI is InChI=1S/C26H28ClN5O4/c27-17-10-28-24(29-11-17)16-12-31(13-16)20-3-1-2-4-22(20)36-18-5-6-19-15(9-18)14-32(26(19)35)21-7-8-23(33)30-25(21)34/h5-6,9-11,16,20-22H,1-4,7-8,12-14H2,(H,30,33,34)/t20-,21+,22+/m0/s1. The summed E-state index contributed by atoms with van der Waals surface area (Å²) in [4.78, 5) is 49.6. The number of imide groups is 1. The third-order valence-corrected chi connectivity index (χ3v) is 8.03. The molecule has 3 fully saturated rings. The molecule has 1 aliphatic carbocycles. The predicted molar refractivity (Wildman–Crippen MR) is 131 cm³/mol. The van der Waals surface area contributed by atoms with Crippen molar-refractivity contribution in [3.8, 4) is 5.75 Å². The molecule has 1 aromatic heterocycles. The van der Waals surface area contributed by atoms with E-state index in [0.29, 0.717) is 35.5 Å². The van der Waals surface area contributed by atoms with Gasteiger partial charge in [-0.1, -0.05) is 18.0 Å². The summed E-state index contributed by atoms with van der Waals surface area (Å²) in [6, 6.07) is 5.31. The van der Waals surface area contributed by atoms with E-state index in [-0.39, 0.29) is 24.3 Å². The van der Waals surface area contributed by atoms with Crippen molar-refractivity contribution in [3.05, 3.63) is 52.6 Å². The van der Waals surface area contributed by atoms with Gasteiger partial charge in [0.25, 0.3) is 5.91 Å². The lowest BCUT2D eigenvalue weighted by Gasteiger charge is -2.47. The fraction of sp³-hybridized carbons (Fsp3) is 0.500. The lowest BCUT2D eigenvalue weighted by Crippen LogP contribution is -2.57. The highest BCUT2D eigenvalue weighted by atomic mass is 35.5. The highest BCUT2D eigenvalue weighted by molar-refractivity contribution is 6.30. The molecule has 3 atom stereocenters. The number of nitrogens with one attached hydrogen (secondary N) is 1. The Kier molecular flexibility index (Phi) is 6.13. The van der Waals surface area contributed by atoms with Crippen molar-refractivity contribution in [1.82, 2.24) is 25.1 Å². The minimum atomic E-state index is -0.612. The summed E-state index contributed by atoms with van der Waals surface area (Å²) < 4.78 is 6.51. The van der Waals surface area contributed by atoms with Gasteiger partial charge in [0.2, 0.25) is 11.8 Å². The number of carbonyl (C=O) groups is 3. The first-order valence-electron chi connectivity index (χ1n) is 12.6. The Labute approximate surface area is 214 Å². The van der Waals surface area contributed by atoms with E-state index in [4.69, 9.17) is 16.3 Å². The van der Waals surface area contributed by atoms with Crippen LogP contribution in [0.5, 0.6) is 5.75 Å². The number of piperidine rings is 1. The SMILES string of the molecule is O=C1CC[C@@H](N2Cc3cc(O[C@@H]4CCCC[C@@H]4N4CC(c5ncc(Cl)cn5)C4)ccc3C2=O)C(=O)N1. The quantitative estimate of drug-likeness (QED) is 0.618. The number of halogens is 1. The summed E-state index contributed by atoms with van der Waals surface area (Å²) in [6.45, 7) is 2.16. The third kappa shape index (κ3) is 4.35. The molecule has 3 aliphatic heterocycles. The molecule has 1 N–H and O–H groups in total. The fourth-order valence-electron chi connectivity index (χ4n) is 5.91. The van der Waals surface area contributed by atoms with E-state index in [9.17, 15) is 14.4 Å². The molecule has 0 unspecified atom stereocenters. The molecule has 0 radical (unpaired) electrons. The summed E-state index contributed by atoms with van der Waals surface area (Å²) in [5, 5.41) is 2.89. The molecule has 3 amide bonds. The molecule has 6 rings (SSSR count). The number of rotatable bonds is 5. The van der Waals surface area contributed by atoms with E-state index in [2.05, 4.69) is 20.2 Å². The highest BCUT2D eigenvalue weighted by Crippen LogP contribution is 2.36. The summed E-state index contributed by atoms with van der Waals surface area (Å²) in [5.74, 6) is 1.05. The zero-order valence-corrected chi connectivity index (χ0v) is 20.6. The molecule has 2 aromatic rings. The largest absolute Gasteiger partial charge is 0.489 e. The number of carbonyl (C=O) groups excluding carboxylic acids is 3. The van der Waals surface area contributed by atoms with Crippen molar-refractivity contribution in [1.29, 1.82) is 0 Å². The maximum atomic E-state index is 13.0. The van der Waals surface area contributed by atoms with Crippen LogP contribution < -0.4 is 10.1 Å². The van der Waals surface area contributed by atoms with Crippen molar-refractivity contribution < 1.29 is 19.1 Å². The summed E-state index contributed by atoms with van der Waals surface area (Å²) in [6.07, 6.45) is 8.37. The first-order valence-corrected chi connectivity index (χ1v) is 13.0. The molecule has 4 aliphatic rings. The topological polar surface area (TPSA) is 105 Å². The Morgan fingerprint density at radius 1 is 1.03 bits per heavy atom. The van der Waals surface area contributed by atoms with Crippen LogP contribution in [0.2, 0.25) is 5.02 Å². The molecule has 0 bridgehead atoms. The van der Waals surface area contributed by atoms with Gasteiger partial charge in [0, 0.05) is 56.0 Å². The number of ether oxygens (including phenoxy) is 1. The van der Waals surface area contributed by atoms with Crippen LogP contribution in [0.4, 0.5) is 0 Å². The van der Waals surface area contributed by atoms with Crippen LogP contribution in [0, 0.1) is 0 Å². The third-order valence-electron chi connectivity index (χ3n) is 7.83. The number of amides is 3. The van der Waals surface area contributed by atoms with E-state index >= 15 is 0 Å². The van der Waals surface area contributed by atoms with Gasteiger partial charge in [-0.2, -0.15) is 0 Å². The van der Waals surface area contributed by atoms with Crippen LogP contribution in [0.3, 0.4) is 0 Å². The van der Waals surface area contributed by atoms with Crippen LogP contribution in [0.15, 0.2) is 30.6 Å². The average Bonchev–Trinajstić information content (AvgIpc) is 3.16. The lowest BCUT2D eigenvalue weighted by atomic mass is 9.86. The van der Waals surface area contributed by atoms with Gasteiger partial charge in [-0.05, 0) is 49.4 Å². The number of hydrogen-bond donors (Lipinski definition) is 1. The van der Waals surface area contributed by atoms with Gasteiger partial charge in [-0.25, -0.2) is 9.97 Å². The minimum Gasteiger partial charge on any atom is -0.489 e. The minimum absolute atomic E-state index is 0.0761. The van der Waals surface area contributed by atoms with Crippen LogP contribution in [-0.4, -0.2) is 68.8 Å². The van der Waals surface area contributed by atoms with E-state index < -0.39 is 11.9 Å². The van der Waals surface area contributed by atoms with Gasteiger partial charge >= 0.3 is 0 Å². The van der Waals surface area contributed by atoms with Crippen LogP contribution in [0.1, 0.15) is 66.2 Å². The fourth-order valence-corrected chi connectivity index (χ4v) is 6.01. The molecule has 2 saturated heterocycles. The first-order chi connectivity index (χ1) is 17.5. The zero-order valence-electron chi connectivity index (χ0n) is 19.9. The van der Waals surface area contributed by atoms with Crippen molar-refractivity contribution in [3.63, 3.8) is 0 Å². The predicted octanol–water partition coefficient (Wildman–Crippen LogP) is 2.68. The highest BCUT2D eigenvalue weighted by Gasteiger charge is 2.41. The Balaban J connectivity index is 1.11. The zero-order chi connectivity index (χ0) is 24.8. The maximum Gasteiger partial charge on any atom is 0.255 e. The molecule has 4 heterocycles. The normalized spacial score (nSPS) is 27.0. The van der Waals surface area contributed by atoms with Gasteiger partial charge in [-0.3, -0.25) is 24.6 Å². The lowest BCUT2D eigenvalue weighted by molar-refractivity contribution is -0.136. The van der Waals surface area contributed by atoms with Crippen molar-refractivity contribution in [2.75, 3.05) is 13.1 Å². The van der Waals surface area contributed by atoms with Crippen LogP contribution >= 0.6 is 11.6 Å². The second kappa shape index (κ2) is 9.44. The monoisotopic (exact) mass is 509 g/mol. The van der Waals surface area contributed by atoms with Gasteiger partial charge in [-0.15, -0.1) is 0 Å². The molecule has 188 valence electrons. The summed E-state index contributed by atoms with van der Waals surface area (Å²) in [5.41, 5.74) is 1.46. The van der Waals surface area contributed by atoms with Crippen molar-refractivity contribution in [2.45, 2.75) is 69.2 Å². The molecular formula is C26H28ClN5O4. The molecular weight excluding hydrogens is 482 g/mol. The second-order valence-electron chi connectivity index (χ2n) is 10.1. The van der Waals surface area contributed by atoms with E-state index in [0.717, 1.165) is 49.5 Å². The van der Waals surface area contributed by atoms with Crippen molar-refractivity contribution >= 4 is 29.3 Å². The van der Waals surface area contributed by atoms with Gasteiger partial charge < -0.3 is 9.64 Å².